The van der Waals surface area contributed by atoms with Crippen molar-refractivity contribution < 1.29 is 18.0 Å². The third-order valence-electron chi connectivity index (χ3n) is 3.45. The molecule has 0 bridgehead atoms. The lowest BCUT2D eigenvalue weighted by Crippen LogP contribution is -2.15. The minimum Gasteiger partial charge on any atom is -0.350 e. The van der Waals surface area contributed by atoms with Gasteiger partial charge in [-0.3, -0.25) is 4.79 Å². The summed E-state index contributed by atoms with van der Waals surface area (Å²) in [6.07, 6.45) is 0. The van der Waals surface area contributed by atoms with Crippen molar-refractivity contribution in [2.45, 2.75) is 6.92 Å². The Labute approximate surface area is 123 Å². The molecule has 0 aliphatic carbocycles. The highest BCUT2D eigenvalue weighted by Crippen LogP contribution is 2.24. The Morgan fingerprint density at radius 1 is 1.09 bits per heavy atom. The van der Waals surface area contributed by atoms with Crippen LogP contribution < -0.4 is 5.32 Å². The summed E-state index contributed by atoms with van der Waals surface area (Å²) < 4.78 is 40.4. The summed E-state index contributed by atoms with van der Waals surface area (Å²) in [5.74, 6) is -2.87. The monoisotopic (exact) mass is 304 g/mol. The van der Waals surface area contributed by atoms with E-state index >= 15 is 0 Å². The molecule has 0 aliphatic heterocycles. The summed E-state index contributed by atoms with van der Waals surface area (Å²) in [5.41, 5.74) is 0.626. The van der Waals surface area contributed by atoms with Crippen molar-refractivity contribution in [3.8, 4) is 0 Å². The average molecular weight is 304 g/mol. The molecular formula is C16H11F3N2O. The molecule has 2 N–H and O–H groups in total. The molecule has 3 aromatic rings. The standard InChI is InChI=1S/C16H11F3N2O/c1-8-10-6-5-9(17)7-13(10)20-14(8)16(22)21-15-11(18)3-2-4-12(15)19/h2-7,20H,1H3,(H,21,22). The topological polar surface area (TPSA) is 44.9 Å². The number of fused-ring (bicyclic) bond motifs is 1. The number of H-pyrrole nitrogens is 1. The zero-order valence-electron chi connectivity index (χ0n) is 11.5. The highest BCUT2D eigenvalue weighted by molar-refractivity contribution is 6.07. The van der Waals surface area contributed by atoms with Crippen LogP contribution in [0.1, 0.15) is 16.1 Å². The van der Waals surface area contributed by atoms with Crippen molar-refractivity contribution in [2.75, 3.05) is 5.32 Å². The minimum absolute atomic E-state index is 0.128. The molecule has 3 nitrogen and oxygen atoms in total. The van der Waals surface area contributed by atoms with E-state index < -0.39 is 29.0 Å². The number of benzene rings is 2. The number of rotatable bonds is 2. The quantitative estimate of drug-likeness (QED) is 0.734. The Morgan fingerprint density at radius 2 is 1.77 bits per heavy atom. The number of anilines is 1. The molecule has 0 atom stereocenters. The molecule has 0 saturated carbocycles. The summed E-state index contributed by atoms with van der Waals surface area (Å²) >= 11 is 0. The summed E-state index contributed by atoms with van der Waals surface area (Å²) in [6, 6.07) is 7.37. The molecule has 1 heterocycles. The van der Waals surface area contributed by atoms with Crippen molar-refractivity contribution >= 4 is 22.5 Å². The predicted octanol–water partition coefficient (Wildman–Crippen LogP) is 4.15. The van der Waals surface area contributed by atoms with Crippen LogP contribution in [0.2, 0.25) is 0 Å². The first kappa shape index (κ1) is 14.2. The number of aryl methyl sites for hydroxylation is 1. The fraction of sp³-hybridized carbons (Fsp3) is 0.0625. The van der Waals surface area contributed by atoms with E-state index in [2.05, 4.69) is 10.3 Å². The van der Waals surface area contributed by atoms with Crippen LogP contribution in [0.15, 0.2) is 36.4 Å². The Bertz CT molecular complexity index is 866. The maximum Gasteiger partial charge on any atom is 0.272 e. The van der Waals surface area contributed by atoms with Crippen molar-refractivity contribution in [1.82, 2.24) is 4.98 Å². The van der Waals surface area contributed by atoms with E-state index in [0.29, 0.717) is 16.5 Å². The third kappa shape index (κ3) is 2.32. The van der Waals surface area contributed by atoms with Crippen LogP contribution in [0.4, 0.5) is 18.9 Å². The van der Waals surface area contributed by atoms with Crippen molar-refractivity contribution in [3.63, 3.8) is 0 Å². The number of nitrogens with one attached hydrogen (secondary N) is 2. The fourth-order valence-electron chi connectivity index (χ4n) is 2.33. The van der Waals surface area contributed by atoms with E-state index in [0.717, 1.165) is 12.1 Å². The molecule has 0 aliphatic rings. The molecule has 2 aromatic carbocycles. The highest BCUT2D eigenvalue weighted by Gasteiger charge is 2.18. The minimum atomic E-state index is -0.867. The van der Waals surface area contributed by atoms with E-state index in [1.165, 1.54) is 24.3 Å². The van der Waals surface area contributed by atoms with Gasteiger partial charge < -0.3 is 10.3 Å². The summed E-state index contributed by atoms with van der Waals surface area (Å²) in [7, 11) is 0. The van der Waals surface area contributed by atoms with Gasteiger partial charge in [-0.05, 0) is 42.8 Å². The van der Waals surface area contributed by atoms with Crippen LogP contribution >= 0.6 is 0 Å². The van der Waals surface area contributed by atoms with Gasteiger partial charge in [-0.1, -0.05) is 6.07 Å². The van der Waals surface area contributed by atoms with Crippen LogP contribution in [0.25, 0.3) is 10.9 Å². The first-order chi connectivity index (χ1) is 10.5. The maximum atomic E-state index is 13.6. The smallest absolute Gasteiger partial charge is 0.272 e. The maximum absolute atomic E-state index is 13.6. The number of para-hydroxylation sites is 1. The van der Waals surface area contributed by atoms with Gasteiger partial charge in [0, 0.05) is 10.9 Å². The highest BCUT2D eigenvalue weighted by atomic mass is 19.1. The summed E-state index contributed by atoms with van der Waals surface area (Å²) in [5, 5.41) is 2.86. The Balaban J connectivity index is 2.01. The molecule has 0 spiro atoms. The van der Waals surface area contributed by atoms with Crippen LogP contribution in [-0.2, 0) is 0 Å². The lowest BCUT2D eigenvalue weighted by atomic mass is 10.1. The molecule has 1 aromatic heterocycles. The van der Waals surface area contributed by atoms with Crippen LogP contribution in [0.5, 0.6) is 0 Å². The second kappa shape index (κ2) is 5.22. The van der Waals surface area contributed by atoms with Crippen LogP contribution in [0.3, 0.4) is 0 Å². The lowest BCUT2D eigenvalue weighted by molar-refractivity contribution is 0.102. The summed E-state index contributed by atoms with van der Waals surface area (Å²) in [6.45, 7) is 1.67. The molecule has 1 amide bonds. The van der Waals surface area contributed by atoms with E-state index in [4.69, 9.17) is 0 Å². The second-order valence-corrected chi connectivity index (χ2v) is 4.87. The van der Waals surface area contributed by atoms with E-state index in [9.17, 15) is 18.0 Å². The zero-order valence-corrected chi connectivity index (χ0v) is 11.5. The van der Waals surface area contributed by atoms with E-state index in [1.54, 1.807) is 6.92 Å². The molecule has 22 heavy (non-hydrogen) atoms. The normalized spacial score (nSPS) is 10.9. The number of halogens is 3. The fourth-order valence-corrected chi connectivity index (χ4v) is 2.33. The molecule has 0 radical (unpaired) electrons. The Morgan fingerprint density at radius 3 is 2.45 bits per heavy atom. The summed E-state index contributed by atoms with van der Waals surface area (Å²) in [4.78, 5) is 15.0. The molecule has 0 saturated heterocycles. The number of aromatic nitrogens is 1. The van der Waals surface area contributed by atoms with Gasteiger partial charge in [-0.2, -0.15) is 0 Å². The predicted molar refractivity (Wildman–Crippen MR) is 77.3 cm³/mol. The van der Waals surface area contributed by atoms with Gasteiger partial charge in [-0.15, -0.1) is 0 Å². The van der Waals surface area contributed by atoms with Crippen LogP contribution in [0, 0.1) is 24.4 Å². The Kier molecular flexibility index (Phi) is 3.36. The number of carbonyl (C=O) groups is 1. The second-order valence-electron chi connectivity index (χ2n) is 4.87. The van der Waals surface area contributed by atoms with Crippen molar-refractivity contribution in [2.24, 2.45) is 0 Å². The molecule has 6 heteroatoms. The first-order valence-corrected chi connectivity index (χ1v) is 6.50. The van der Waals surface area contributed by atoms with Gasteiger partial charge in [-0.25, -0.2) is 13.2 Å². The number of hydrogen-bond donors (Lipinski definition) is 2. The van der Waals surface area contributed by atoms with Gasteiger partial charge in [0.2, 0.25) is 0 Å². The molecule has 0 unspecified atom stereocenters. The number of hydrogen-bond acceptors (Lipinski definition) is 1. The average Bonchev–Trinajstić information content (AvgIpc) is 2.79. The molecular weight excluding hydrogens is 293 g/mol. The zero-order chi connectivity index (χ0) is 15.9. The first-order valence-electron chi connectivity index (χ1n) is 6.50. The van der Waals surface area contributed by atoms with E-state index in [1.807, 2.05) is 0 Å². The van der Waals surface area contributed by atoms with Gasteiger partial charge in [0.15, 0.2) is 0 Å². The third-order valence-corrected chi connectivity index (χ3v) is 3.45. The van der Waals surface area contributed by atoms with Crippen molar-refractivity contribution in [1.29, 1.82) is 0 Å². The van der Waals surface area contributed by atoms with Gasteiger partial charge in [0.05, 0.1) is 0 Å². The molecule has 112 valence electrons. The van der Waals surface area contributed by atoms with E-state index in [-0.39, 0.29) is 5.69 Å². The Hall–Kier alpha value is -2.76. The molecule has 0 fully saturated rings. The van der Waals surface area contributed by atoms with Crippen molar-refractivity contribution in [3.05, 3.63) is 65.1 Å². The lowest BCUT2D eigenvalue weighted by Gasteiger charge is -2.07. The number of aromatic amines is 1. The SMILES string of the molecule is Cc1c(C(=O)Nc2c(F)cccc2F)[nH]c2cc(F)ccc12. The number of amides is 1. The van der Waals surface area contributed by atoms with Gasteiger partial charge in [0.1, 0.15) is 28.8 Å². The number of carbonyl (C=O) groups excluding carboxylic acids is 1. The van der Waals surface area contributed by atoms with Gasteiger partial charge >= 0.3 is 0 Å². The molecule has 3 rings (SSSR count). The van der Waals surface area contributed by atoms with Gasteiger partial charge in [0.25, 0.3) is 5.91 Å². The largest absolute Gasteiger partial charge is 0.350 e. The van der Waals surface area contributed by atoms with Crippen LogP contribution in [-0.4, -0.2) is 10.9 Å².